The first-order valence-corrected chi connectivity index (χ1v) is 7.20. The lowest BCUT2D eigenvalue weighted by atomic mass is 9.80. The highest BCUT2D eigenvalue weighted by Gasteiger charge is 2.33. The van der Waals surface area contributed by atoms with Crippen LogP contribution in [-0.2, 0) is 11.0 Å². The molecular formula is C15H18F3NO3. The van der Waals surface area contributed by atoms with Gasteiger partial charge >= 0.3 is 12.1 Å². The highest BCUT2D eigenvalue weighted by molar-refractivity contribution is 5.69. The van der Waals surface area contributed by atoms with E-state index in [0.717, 1.165) is 12.3 Å². The number of ether oxygens (including phenoxy) is 1. The summed E-state index contributed by atoms with van der Waals surface area (Å²) in [5.41, 5.74) is -0.974. The summed E-state index contributed by atoms with van der Waals surface area (Å²) in [5.74, 6) is -0.968. The third-order valence-corrected chi connectivity index (χ3v) is 4.14. The molecule has 4 nitrogen and oxygen atoms in total. The van der Waals surface area contributed by atoms with Gasteiger partial charge in [0.05, 0.1) is 12.0 Å². The Kier molecular flexibility index (Phi) is 4.93. The number of aliphatic carboxylic acids is 1. The number of carbonyl (C=O) groups is 1. The Morgan fingerprint density at radius 1 is 1.36 bits per heavy atom. The van der Waals surface area contributed by atoms with Gasteiger partial charge in [-0.25, -0.2) is 0 Å². The second-order valence-corrected chi connectivity index (χ2v) is 5.66. The van der Waals surface area contributed by atoms with Crippen LogP contribution in [0, 0.1) is 11.8 Å². The monoisotopic (exact) mass is 317 g/mol. The second-order valence-electron chi connectivity index (χ2n) is 5.66. The molecule has 1 saturated carbocycles. The normalized spacial score (nSPS) is 23.8. The molecule has 2 rings (SSSR count). The zero-order valence-electron chi connectivity index (χ0n) is 12.1. The minimum Gasteiger partial charge on any atom is -0.490 e. The van der Waals surface area contributed by atoms with Crippen LogP contribution in [0.25, 0.3) is 0 Å². The Labute approximate surface area is 126 Å². The summed E-state index contributed by atoms with van der Waals surface area (Å²) in [6.07, 6.45) is -0.895. The van der Waals surface area contributed by atoms with Gasteiger partial charge in [0.15, 0.2) is 0 Å². The van der Waals surface area contributed by atoms with E-state index in [1.807, 2.05) is 0 Å². The third kappa shape index (κ3) is 4.11. The van der Waals surface area contributed by atoms with Crippen molar-refractivity contribution in [2.75, 3.05) is 0 Å². The van der Waals surface area contributed by atoms with E-state index in [4.69, 9.17) is 9.84 Å². The van der Waals surface area contributed by atoms with Gasteiger partial charge in [-0.15, -0.1) is 0 Å². The lowest BCUT2D eigenvalue weighted by Gasteiger charge is -2.31. The quantitative estimate of drug-likeness (QED) is 0.918. The van der Waals surface area contributed by atoms with Crippen molar-refractivity contribution in [1.29, 1.82) is 0 Å². The predicted molar refractivity (Wildman–Crippen MR) is 72.4 cm³/mol. The molecule has 0 aliphatic heterocycles. The Bertz CT molecular complexity index is 525. The van der Waals surface area contributed by atoms with Gasteiger partial charge in [0.2, 0.25) is 0 Å². The maximum absolute atomic E-state index is 12.6. The van der Waals surface area contributed by atoms with Crippen LogP contribution in [0.1, 0.15) is 38.3 Å². The molecule has 1 atom stereocenters. The average molecular weight is 317 g/mol. The summed E-state index contributed by atoms with van der Waals surface area (Å²) in [5, 5.41) is 9.00. The standard InChI is InChI=1S/C15H18F3NO3/c1-9(14(20)21)10-2-4-11(5-3-10)22-12-6-7-19-13(8-12)15(16,17)18/h6-11H,2-5H2,1H3,(H,20,21)/t9?,10-,11-. The summed E-state index contributed by atoms with van der Waals surface area (Å²) in [4.78, 5) is 14.2. The lowest BCUT2D eigenvalue weighted by molar-refractivity contribution is -0.143. The first-order chi connectivity index (χ1) is 10.3. The van der Waals surface area contributed by atoms with Gasteiger partial charge < -0.3 is 9.84 Å². The number of carboxylic acid groups (broad SMARTS) is 1. The summed E-state index contributed by atoms with van der Waals surface area (Å²) >= 11 is 0. The van der Waals surface area contributed by atoms with E-state index in [2.05, 4.69) is 4.98 Å². The lowest BCUT2D eigenvalue weighted by Crippen LogP contribution is -2.30. The molecule has 1 aliphatic carbocycles. The molecule has 7 heteroatoms. The van der Waals surface area contributed by atoms with E-state index in [9.17, 15) is 18.0 Å². The molecule has 0 saturated heterocycles. The van der Waals surface area contributed by atoms with Crippen LogP contribution in [0.5, 0.6) is 5.75 Å². The smallest absolute Gasteiger partial charge is 0.433 e. The number of nitrogens with zero attached hydrogens (tertiary/aromatic N) is 1. The predicted octanol–water partition coefficient (Wildman–Crippen LogP) is 3.76. The Hall–Kier alpha value is -1.79. The first kappa shape index (κ1) is 16.6. The Morgan fingerprint density at radius 3 is 2.55 bits per heavy atom. The van der Waals surface area contributed by atoms with Crippen LogP contribution in [0.2, 0.25) is 0 Å². The third-order valence-electron chi connectivity index (χ3n) is 4.14. The van der Waals surface area contributed by atoms with Gasteiger partial charge in [-0.1, -0.05) is 6.92 Å². The van der Waals surface area contributed by atoms with E-state index in [1.54, 1.807) is 6.92 Å². The molecule has 1 fully saturated rings. The largest absolute Gasteiger partial charge is 0.490 e. The van der Waals surface area contributed by atoms with E-state index in [1.165, 1.54) is 6.07 Å². The molecule has 1 N–H and O–H groups in total. The number of rotatable bonds is 4. The molecule has 0 aromatic carbocycles. The first-order valence-electron chi connectivity index (χ1n) is 7.20. The number of carboxylic acids is 1. The van der Waals surface area contributed by atoms with Crippen LogP contribution in [0.15, 0.2) is 18.3 Å². The fraction of sp³-hybridized carbons (Fsp3) is 0.600. The summed E-state index contributed by atoms with van der Waals surface area (Å²) in [6.45, 7) is 1.69. The SMILES string of the molecule is CC(C(=O)O)[C@H]1CC[C@H](Oc2ccnc(C(F)(F)F)c2)CC1. The molecule has 22 heavy (non-hydrogen) atoms. The van der Waals surface area contributed by atoms with E-state index in [0.29, 0.717) is 25.7 Å². The Balaban J connectivity index is 1.93. The van der Waals surface area contributed by atoms with Crippen molar-refractivity contribution in [2.24, 2.45) is 11.8 Å². The highest BCUT2D eigenvalue weighted by atomic mass is 19.4. The number of pyridine rings is 1. The van der Waals surface area contributed by atoms with Crippen LogP contribution in [-0.4, -0.2) is 22.2 Å². The van der Waals surface area contributed by atoms with Gasteiger partial charge in [0.1, 0.15) is 11.4 Å². The van der Waals surface area contributed by atoms with Gasteiger partial charge in [-0.2, -0.15) is 13.2 Å². The molecule has 122 valence electrons. The zero-order valence-corrected chi connectivity index (χ0v) is 12.1. The molecule has 0 spiro atoms. The van der Waals surface area contributed by atoms with Crippen molar-refractivity contribution in [3.63, 3.8) is 0 Å². The number of hydrogen-bond acceptors (Lipinski definition) is 3. The fourth-order valence-electron chi connectivity index (χ4n) is 2.74. The second kappa shape index (κ2) is 6.54. The van der Waals surface area contributed by atoms with Crippen molar-refractivity contribution in [1.82, 2.24) is 4.98 Å². The van der Waals surface area contributed by atoms with Crippen LogP contribution in [0.4, 0.5) is 13.2 Å². The van der Waals surface area contributed by atoms with E-state index < -0.39 is 23.8 Å². The zero-order chi connectivity index (χ0) is 16.3. The molecule has 0 bridgehead atoms. The highest BCUT2D eigenvalue weighted by Crippen LogP contribution is 2.34. The minimum absolute atomic E-state index is 0.0977. The van der Waals surface area contributed by atoms with Crippen LogP contribution < -0.4 is 4.74 Å². The molecule has 1 aromatic heterocycles. The fourth-order valence-corrected chi connectivity index (χ4v) is 2.74. The van der Waals surface area contributed by atoms with Crippen molar-refractivity contribution in [3.8, 4) is 5.75 Å². The number of aromatic nitrogens is 1. The van der Waals surface area contributed by atoms with Gasteiger partial charge in [-0.05, 0) is 37.7 Å². The summed E-state index contributed by atoms with van der Waals surface area (Å²) in [7, 11) is 0. The molecule has 1 unspecified atom stereocenters. The van der Waals surface area contributed by atoms with E-state index >= 15 is 0 Å². The van der Waals surface area contributed by atoms with Crippen molar-refractivity contribution in [2.45, 2.75) is 44.9 Å². The number of halogens is 3. The summed E-state index contributed by atoms with van der Waals surface area (Å²) < 4.78 is 43.4. The summed E-state index contributed by atoms with van der Waals surface area (Å²) in [6, 6.07) is 2.30. The number of alkyl halides is 3. The van der Waals surface area contributed by atoms with Gasteiger partial charge in [0, 0.05) is 12.3 Å². The topological polar surface area (TPSA) is 59.4 Å². The Morgan fingerprint density at radius 2 is 2.00 bits per heavy atom. The maximum Gasteiger partial charge on any atom is 0.433 e. The molecule has 1 aliphatic rings. The average Bonchev–Trinajstić information content (AvgIpc) is 2.46. The van der Waals surface area contributed by atoms with Gasteiger partial charge in [-0.3, -0.25) is 9.78 Å². The minimum atomic E-state index is -4.49. The maximum atomic E-state index is 12.6. The molecule has 1 heterocycles. The van der Waals surface area contributed by atoms with Gasteiger partial charge in [0.25, 0.3) is 0 Å². The molecule has 0 radical (unpaired) electrons. The van der Waals surface area contributed by atoms with Crippen LogP contribution >= 0.6 is 0 Å². The number of hydrogen-bond donors (Lipinski definition) is 1. The van der Waals surface area contributed by atoms with E-state index in [-0.39, 0.29) is 17.8 Å². The molecular weight excluding hydrogens is 299 g/mol. The van der Waals surface area contributed by atoms with Crippen LogP contribution in [0.3, 0.4) is 0 Å². The van der Waals surface area contributed by atoms with Crippen molar-refractivity contribution in [3.05, 3.63) is 24.0 Å². The van der Waals surface area contributed by atoms with Crippen molar-refractivity contribution >= 4 is 5.97 Å². The van der Waals surface area contributed by atoms with Crippen molar-refractivity contribution < 1.29 is 27.8 Å². The molecule has 1 aromatic rings. The molecule has 0 amide bonds.